The lowest BCUT2D eigenvalue weighted by Gasteiger charge is -2.22. The van der Waals surface area contributed by atoms with Crippen molar-refractivity contribution < 1.29 is 4.79 Å². The minimum atomic E-state index is -0.322. The highest BCUT2D eigenvalue weighted by Gasteiger charge is 2.61. The van der Waals surface area contributed by atoms with Gasteiger partial charge in [-0.3, -0.25) is 4.79 Å². The van der Waals surface area contributed by atoms with Crippen molar-refractivity contribution in [2.75, 3.05) is 0 Å². The van der Waals surface area contributed by atoms with E-state index in [0.29, 0.717) is 12.1 Å². The number of ketones is 1. The quantitative estimate of drug-likeness (QED) is 0.765. The normalized spacial score (nSPS) is 31.9. The molecule has 6 nitrogen and oxygen atoms in total. The molecule has 0 N–H and O–H groups in total. The van der Waals surface area contributed by atoms with Crippen LogP contribution in [0.5, 0.6) is 0 Å². The first-order chi connectivity index (χ1) is 10.2. The highest BCUT2D eigenvalue weighted by molar-refractivity contribution is 5.86. The van der Waals surface area contributed by atoms with Gasteiger partial charge in [0.15, 0.2) is 0 Å². The minimum Gasteiger partial charge on any atom is -0.299 e. The molecule has 5 rings (SSSR count). The number of nitrogens with zero attached hydrogens (tertiary/aromatic N) is 3. The molecule has 0 saturated heterocycles. The summed E-state index contributed by atoms with van der Waals surface area (Å²) in [6.07, 6.45) is 1.40. The number of rotatable bonds is 1. The lowest BCUT2D eigenvalue weighted by atomic mass is 9.94. The molecule has 6 heteroatoms. The summed E-state index contributed by atoms with van der Waals surface area (Å²) in [7, 11) is 0. The average molecular weight is 283 g/mol. The maximum absolute atomic E-state index is 12.7. The fourth-order valence-electron chi connectivity index (χ4n) is 4.57. The molecule has 0 amide bonds. The Kier molecular flexibility index (Phi) is 1.85. The number of fused-ring (bicyclic) bond motifs is 2. The zero-order valence-electron chi connectivity index (χ0n) is 11.2. The van der Waals surface area contributed by atoms with Crippen LogP contribution in [0.25, 0.3) is 5.69 Å². The van der Waals surface area contributed by atoms with Crippen molar-refractivity contribution >= 4 is 5.78 Å². The van der Waals surface area contributed by atoms with Gasteiger partial charge in [0.2, 0.25) is 0 Å². The summed E-state index contributed by atoms with van der Waals surface area (Å²) in [5, 5.41) is 0. The van der Waals surface area contributed by atoms with Gasteiger partial charge in [-0.2, -0.15) is 0 Å². The number of Topliss-reactive ketones (excluding diaryl/α,β-unsaturated/α-hetero) is 1. The van der Waals surface area contributed by atoms with Crippen LogP contribution in [-0.2, 0) is 4.79 Å². The Labute approximate surface area is 119 Å². The standard InChI is InChI=1S/C15H13N3O3/c19-11-7-8-6-10-12(11)13(8)18-15(21)16(14(20)17(10)18)9-4-2-1-3-5-9/h1-5,8,10,12-13H,6-7H2. The Morgan fingerprint density at radius 1 is 0.952 bits per heavy atom. The first-order valence-electron chi connectivity index (χ1n) is 7.22. The number of aromatic nitrogens is 3. The van der Waals surface area contributed by atoms with E-state index in [-0.39, 0.29) is 41.1 Å². The number of carbonyl (C=O) groups excluding carboxylic acids is 1. The van der Waals surface area contributed by atoms with Gasteiger partial charge in [-0.25, -0.2) is 23.5 Å². The molecule has 2 saturated carbocycles. The van der Waals surface area contributed by atoms with E-state index in [1.54, 1.807) is 28.9 Å². The molecular formula is C15H13N3O3. The predicted octanol–water partition coefficient (Wildman–Crippen LogP) is 0.505. The molecule has 2 heterocycles. The second kappa shape index (κ2) is 3.44. The van der Waals surface area contributed by atoms with E-state index in [1.165, 1.54) is 9.25 Å². The molecule has 2 aromatic rings. The molecule has 4 bridgehead atoms. The third-order valence-electron chi connectivity index (χ3n) is 5.26. The monoisotopic (exact) mass is 283 g/mol. The summed E-state index contributed by atoms with van der Waals surface area (Å²) in [5.41, 5.74) is -0.0556. The Hall–Kier alpha value is -2.37. The molecule has 1 aliphatic heterocycles. The van der Waals surface area contributed by atoms with Crippen LogP contribution in [0.4, 0.5) is 0 Å². The van der Waals surface area contributed by atoms with Gasteiger partial charge in [0.25, 0.3) is 0 Å². The van der Waals surface area contributed by atoms with E-state index in [2.05, 4.69) is 0 Å². The maximum Gasteiger partial charge on any atom is 0.352 e. The van der Waals surface area contributed by atoms with Crippen molar-refractivity contribution in [1.82, 2.24) is 13.9 Å². The first kappa shape index (κ1) is 11.3. The summed E-state index contributed by atoms with van der Waals surface area (Å²) < 4.78 is 4.29. The predicted molar refractivity (Wildman–Crippen MR) is 73.6 cm³/mol. The zero-order valence-corrected chi connectivity index (χ0v) is 11.2. The van der Waals surface area contributed by atoms with E-state index < -0.39 is 0 Å². The largest absolute Gasteiger partial charge is 0.352 e. The lowest BCUT2D eigenvalue weighted by molar-refractivity contribution is -0.122. The van der Waals surface area contributed by atoms with Gasteiger partial charge in [-0.15, -0.1) is 0 Å². The van der Waals surface area contributed by atoms with Crippen molar-refractivity contribution in [3.8, 4) is 5.69 Å². The average Bonchev–Trinajstić information content (AvgIpc) is 3.16. The van der Waals surface area contributed by atoms with Crippen LogP contribution in [0.15, 0.2) is 39.9 Å². The molecule has 4 atom stereocenters. The Morgan fingerprint density at radius 3 is 2.43 bits per heavy atom. The summed E-state index contributed by atoms with van der Waals surface area (Å²) in [5.74, 6) is 0.291. The molecule has 0 spiro atoms. The van der Waals surface area contributed by atoms with E-state index in [9.17, 15) is 14.4 Å². The number of hydrogen-bond acceptors (Lipinski definition) is 3. The Balaban J connectivity index is 1.80. The van der Waals surface area contributed by atoms with Gasteiger partial charge in [-0.05, 0) is 24.5 Å². The van der Waals surface area contributed by atoms with E-state index in [4.69, 9.17) is 0 Å². The SMILES string of the molecule is O=C1CC2CC3C1C2n1c(=O)n(-c2ccccc2)c(=O)n13. The first-order valence-corrected chi connectivity index (χ1v) is 7.22. The van der Waals surface area contributed by atoms with Gasteiger partial charge >= 0.3 is 11.4 Å². The second-order valence-corrected chi connectivity index (χ2v) is 6.18. The summed E-state index contributed by atoms with van der Waals surface area (Å²) >= 11 is 0. The van der Waals surface area contributed by atoms with E-state index >= 15 is 0 Å². The van der Waals surface area contributed by atoms with Crippen LogP contribution in [0.1, 0.15) is 24.9 Å². The maximum atomic E-state index is 12.7. The minimum absolute atomic E-state index is 0.104. The van der Waals surface area contributed by atoms with Crippen molar-refractivity contribution in [3.05, 3.63) is 51.3 Å². The van der Waals surface area contributed by atoms with Crippen LogP contribution < -0.4 is 11.4 Å². The molecule has 3 aliphatic rings. The van der Waals surface area contributed by atoms with Crippen LogP contribution in [-0.4, -0.2) is 19.7 Å². The van der Waals surface area contributed by atoms with Gasteiger partial charge in [0.05, 0.1) is 23.7 Å². The van der Waals surface area contributed by atoms with E-state index in [0.717, 1.165) is 6.42 Å². The molecule has 4 unspecified atom stereocenters. The molecule has 21 heavy (non-hydrogen) atoms. The topological polar surface area (TPSA) is 66.0 Å². The molecule has 0 radical (unpaired) electrons. The Morgan fingerprint density at radius 2 is 1.67 bits per heavy atom. The fourth-order valence-corrected chi connectivity index (χ4v) is 4.57. The van der Waals surface area contributed by atoms with Crippen molar-refractivity contribution in [2.24, 2.45) is 11.8 Å². The molecule has 106 valence electrons. The fraction of sp³-hybridized carbons (Fsp3) is 0.400. The van der Waals surface area contributed by atoms with Gasteiger partial charge in [0.1, 0.15) is 5.78 Å². The van der Waals surface area contributed by atoms with Crippen molar-refractivity contribution in [2.45, 2.75) is 24.9 Å². The van der Waals surface area contributed by atoms with Crippen molar-refractivity contribution in [3.63, 3.8) is 0 Å². The van der Waals surface area contributed by atoms with Gasteiger partial charge in [-0.1, -0.05) is 18.2 Å². The molecular weight excluding hydrogens is 270 g/mol. The highest BCUT2D eigenvalue weighted by atomic mass is 16.2. The third kappa shape index (κ3) is 1.13. The third-order valence-corrected chi connectivity index (χ3v) is 5.26. The van der Waals surface area contributed by atoms with Crippen LogP contribution >= 0.6 is 0 Å². The summed E-state index contributed by atoms with van der Waals surface area (Å²) in [6.45, 7) is 0. The Bertz CT molecular complexity index is 889. The molecule has 2 fully saturated rings. The van der Waals surface area contributed by atoms with Crippen LogP contribution in [0, 0.1) is 11.8 Å². The van der Waals surface area contributed by atoms with Crippen LogP contribution in [0.2, 0.25) is 0 Å². The molecule has 1 aromatic heterocycles. The molecule has 1 aromatic carbocycles. The van der Waals surface area contributed by atoms with Gasteiger partial charge < -0.3 is 0 Å². The number of carbonyl (C=O) groups is 1. The number of benzene rings is 1. The van der Waals surface area contributed by atoms with Crippen LogP contribution in [0.3, 0.4) is 0 Å². The summed E-state index contributed by atoms with van der Waals surface area (Å²) in [4.78, 5) is 37.3. The van der Waals surface area contributed by atoms with Gasteiger partial charge in [0, 0.05) is 6.42 Å². The molecule has 2 aliphatic carbocycles. The highest BCUT2D eigenvalue weighted by Crippen LogP contribution is 2.58. The number of hydrogen-bond donors (Lipinski definition) is 0. The number of para-hydroxylation sites is 1. The lowest BCUT2D eigenvalue weighted by Crippen LogP contribution is -2.33. The summed E-state index contributed by atoms with van der Waals surface area (Å²) in [6, 6.07) is 8.73. The van der Waals surface area contributed by atoms with E-state index in [1.807, 2.05) is 6.07 Å². The second-order valence-electron chi connectivity index (χ2n) is 6.18. The smallest absolute Gasteiger partial charge is 0.299 e. The van der Waals surface area contributed by atoms with Crippen molar-refractivity contribution in [1.29, 1.82) is 0 Å². The zero-order chi connectivity index (χ0) is 14.3.